The van der Waals surface area contributed by atoms with Crippen molar-refractivity contribution in [3.05, 3.63) is 34.7 Å². The third-order valence-corrected chi connectivity index (χ3v) is 3.77. The van der Waals surface area contributed by atoms with Gasteiger partial charge in [-0.3, -0.25) is 4.79 Å². The van der Waals surface area contributed by atoms with Crippen molar-refractivity contribution in [2.45, 2.75) is 20.4 Å². The zero-order chi connectivity index (χ0) is 13.8. The van der Waals surface area contributed by atoms with E-state index in [1.807, 2.05) is 19.9 Å². The van der Waals surface area contributed by atoms with Gasteiger partial charge in [-0.25, -0.2) is 4.98 Å². The average Bonchev–Trinajstić information content (AvgIpc) is 2.99. The number of rotatable bonds is 5. The van der Waals surface area contributed by atoms with Crippen molar-refractivity contribution < 1.29 is 9.21 Å². The Morgan fingerprint density at radius 1 is 1.58 bits per heavy atom. The first-order chi connectivity index (χ1) is 9.11. The summed E-state index contributed by atoms with van der Waals surface area (Å²) in [5.74, 6) is -0.0136. The van der Waals surface area contributed by atoms with Crippen LogP contribution in [0, 0.1) is 6.92 Å². The quantitative estimate of drug-likeness (QED) is 0.914. The summed E-state index contributed by atoms with van der Waals surface area (Å²) < 4.78 is 5.00. The summed E-state index contributed by atoms with van der Waals surface area (Å²) in [7, 11) is 1.78. The first kappa shape index (κ1) is 13.6. The van der Waals surface area contributed by atoms with Crippen molar-refractivity contribution >= 4 is 22.4 Å². The Labute approximate surface area is 116 Å². The number of anilines is 1. The Bertz CT molecular complexity index is 548. The van der Waals surface area contributed by atoms with Gasteiger partial charge in [-0.1, -0.05) is 11.3 Å². The van der Waals surface area contributed by atoms with E-state index < -0.39 is 0 Å². The van der Waals surface area contributed by atoms with E-state index in [4.69, 9.17) is 4.42 Å². The molecule has 19 heavy (non-hydrogen) atoms. The zero-order valence-corrected chi connectivity index (χ0v) is 12.1. The fraction of sp³-hybridized carbons (Fsp3) is 0.385. The van der Waals surface area contributed by atoms with Crippen molar-refractivity contribution in [3.8, 4) is 0 Å². The van der Waals surface area contributed by atoms with E-state index in [0.717, 1.165) is 22.9 Å². The van der Waals surface area contributed by atoms with E-state index in [-0.39, 0.29) is 5.91 Å². The van der Waals surface area contributed by atoms with Gasteiger partial charge in [-0.2, -0.15) is 0 Å². The van der Waals surface area contributed by atoms with Crippen LogP contribution in [-0.4, -0.2) is 29.4 Å². The number of thiazole rings is 1. The lowest BCUT2D eigenvalue weighted by atomic mass is 10.3. The third-order valence-electron chi connectivity index (χ3n) is 2.67. The molecule has 0 fully saturated rings. The van der Waals surface area contributed by atoms with Crippen LogP contribution in [0.25, 0.3) is 0 Å². The molecule has 2 aromatic heterocycles. The van der Waals surface area contributed by atoms with Crippen LogP contribution in [0.2, 0.25) is 0 Å². The Morgan fingerprint density at radius 2 is 2.37 bits per heavy atom. The molecule has 0 unspecified atom stereocenters. The topological polar surface area (TPSA) is 58.4 Å². The number of amides is 1. The molecule has 2 rings (SSSR count). The smallest absolute Gasteiger partial charge is 0.265 e. The Morgan fingerprint density at radius 3 is 3.00 bits per heavy atom. The largest absolute Gasteiger partial charge is 0.472 e. The summed E-state index contributed by atoms with van der Waals surface area (Å²) in [4.78, 5) is 19.0. The average molecular weight is 279 g/mol. The molecular formula is C13H17N3O2S. The van der Waals surface area contributed by atoms with Crippen molar-refractivity contribution in [3.63, 3.8) is 0 Å². The molecule has 0 radical (unpaired) electrons. The molecule has 6 heteroatoms. The molecule has 2 heterocycles. The van der Waals surface area contributed by atoms with Crippen LogP contribution in [-0.2, 0) is 6.54 Å². The van der Waals surface area contributed by atoms with Gasteiger partial charge in [0.2, 0.25) is 0 Å². The van der Waals surface area contributed by atoms with Gasteiger partial charge < -0.3 is 14.6 Å². The van der Waals surface area contributed by atoms with Crippen LogP contribution in [0.4, 0.5) is 5.13 Å². The van der Waals surface area contributed by atoms with Crippen LogP contribution in [0.15, 0.2) is 23.0 Å². The number of aromatic nitrogens is 1. The van der Waals surface area contributed by atoms with Crippen LogP contribution in [0.1, 0.15) is 27.9 Å². The van der Waals surface area contributed by atoms with Crippen molar-refractivity contribution in [1.29, 1.82) is 0 Å². The first-order valence-corrected chi connectivity index (χ1v) is 6.91. The Hall–Kier alpha value is -1.82. The van der Waals surface area contributed by atoms with Gasteiger partial charge in [-0.15, -0.1) is 0 Å². The predicted molar refractivity (Wildman–Crippen MR) is 75.5 cm³/mol. The number of aryl methyl sites for hydroxylation is 1. The van der Waals surface area contributed by atoms with E-state index >= 15 is 0 Å². The second-order valence-corrected chi connectivity index (χ2v) is 5.26. The zero-order valence-electron chi connectivity index (χ0n) is 11.3. The number of nitrogens with zero attached hydrogens (tertiary/aromatic N) is 2. The number of hydrogen-bond acceptors (Lipinski definition) is 5. The highest BCUT2D eigenvalue weighted by molar-refractivity contribution is 7.17. The highest BCUT2D eigenvalue weighted by Gasteiger charge is 2.19. The molecule has 102 valence electrons. The van der Waals surface area contributed by atoms with E-state index in [1.165, 1.54) is 11.3 Å². The summed E-state index contributed by atoms with van der Waals surface area (Å²) in [6.07, 6.45) is 3.25. The first-order valence-electron chi connectivity index (χ1n) is 6.09. The van der Waals surface area contributed by atoms with E-state index in [9.17, 15) is 4.79 Å². The maximum atomic E-state index is 12.3. The third kappa shape index (κ3) is 3.14. The molecule has 0 atom stereocenters. The van der Waals surface area contributed by atoms with Crippen molar-refractivity contribution in [2.75, 3.05) is 18.9 Å². The van der Waals surface area contributed by atoms with Gasteiger partial charge in [0, 0.05) is 25.7 Å². The number of carbonyl (C=O) groups excluding carboxylic acids is 1. The number of nitrogens with one attached hydrogen (secondary N) is 1. The van der Waals surface area contributed by atoms with Crippen LogP contribution in [0.5, 0.6) is 0 Å². The van der Waals surface area contributed by atoms with E-state index in [2.05, 4.69) is 10.3 Å². The predicted octanol–water partition coefficient (Wildman–Crippen LogP) is 2.75. The fourth-order valence-corrected chi connectivity index (χ4v) is 2.75. The Balaban J connectivity index is 2.10. The van der Waals surface area contributed by atoms with Gasteiger partial charge in [0.15, 0.2) is 5.13 Å². The molecule has 1 N–H and O–H groups in total. The molecule has 0 aliphatic carbocycles. The van der Waals surface area contributed by atoms with Crippen LogP contribution < -0.4 is 5.32 Å². The molecule has 0 bridgehead atoms. The van der Waals surface area contributed by atoms with Crippen molar-refractivity contribution in [2.24, 2.45) is 0 Å². The molecule has 0 aliphatic heterocycles. The minimum Gasteiger partial charge on any atom is -0.472 e. The lowest BCUT2D eigenvalue weighted by Crippen LogP contribution is -2.25. The Kier molecular flexibility index (Phi) is 4.21. The molecule has 0 aromatic carbocycles. The van der Waals surface area contributed by atoms with Gasteiger partial charge in [0.25, 0.3) is 5.91 Å². The molecule has 1 amide bonds. The lowest BCUT2D eigenvalue weighted by Gasteiger charge is -2.15. The molecule has 0 saturated heterocycles. The number of hydrogen-bond donors (Lipinski definition) is 1. The minimum absolute atomic E-state index is 0.0136. The van der Waals surface area contributed by atoms with Gasteiger partial charge in [-0.05, 0) is 19.9 Å². The molecule has 0 spiro atoms. The highest BCUT2D eigenvalue weighted by atomic mass is 32.1. The maximum Gasteiger partial charge on any atom is 0.265 e. The summed E-state index contributed by atoms with van der Waals surface area (Å²) in [6, 6.07) is 1.85. The summed E-state index contributed by atoms with van der Waals surface area (Å²) in [5.41, 5.74) is 1.75. The van der Waals surface area contributed by atoms with Gasteiger partial charge >= 0.3 is 0 Å². The second kappa shape index (κ2) is 5.88. The molecular weight excluding hydrogens is 262 g/mol. The van der Waals surface area contributed by atoms with Crippen molar-refractivity contribution in [1.82, 2.24) is 9.88 Å². The SMILES string of the molecule is CCNc1nc(C)c(C(=O)N(C)Cc2ccoc2)s1. The van der Waals surface area contributed by atoms with E-state index in [1.54, 1.807) is 24.5 Å². The molecule has 0 saturated carbocycles. The molecule has 2 aromatic rings. The summed E-state index contributed by atoms with van der Waals surface area (Å²) in [5, 5.41) is 3.92. The number of furan rings is 1. The van der Waals surface area contributed by atoms with Gasteiger partial charge in [0.1, 0.15) is 4.88 Å². The maximum absolute atomic E-state index is 12.3. The lowest BCUT2D eigenvalue weighted by molar-refractivity contribution is 0.0789. The van der Waals surface area contributed by atoms with Gasteiger partial charge in [0.05, 0.1) is 18.2 Å². The van der Waals surface area contributed by atoms with Crippen LogP contribution in [0.3, 0.4) is 0 Å². The molecule has 5 nitrogen and oxygen atoms in total. The van der Waals surface area contributed by atoms with Crippen LogP contribution >= 0.6 is 11.3 Å². The summed E-state index contributed by atoms with van der Waals surface area (Å²) in [6.45, 7) is 5.19. The normalized spacial score (nSPS) is 10.5. The summed E-state index contributed by atoms with van der Waals surface area (Å²) >= 11 is 1.40. The van der Waals surface area contributed by atoms with E-state index in [0.29, 0.717) is 11.4 Å². The number of carbonyl (C=O) groups is 1. The minimum atomic E-state index is -0.0136. The monoisotopic (exact) mass is 279 g/mol. The molecule has 0 aliphatic rings. The standard InChI is InChI=1S/C13H17N3O2S/c1-4-14-13-15-9(2)11(19-13)12(17)16(3)7-10-5-6-18-8-10/h5-6,8H,4,7H2,1-3H3,(H,14,15). The fourth-order valence-electron chi connectivity index (χ4n) is 1.72. The second-order valence-electron chi connectivity index (χ2n) is 4.26. The highest BCUT2D eigenvalue weighted by Crippen LogP contribution is 2.24.